The highest BCUT2D eigenvalue weighted by molar-refractivity contribution is 5.93. The largest absolute Gasteiger partial charge is 0.496 e. The van der Waals surface area contributed by atoms with E-state index in [0.717, 1.165) is 22.4 Å². The fraction of sp³-hybridized carbons (Fsp3) is 0.167. The number of benzene rings is 2. The lowest BCUT2D eigenvalue weighted by molar-refractivity contribution is 0.408. The van der Waals surface area contributed by atoms with Crippen molar-refractivity contribution in [3.8, 4) is 5.75 Å². The molecule has 3 rings (SSSR count). The molecule has 21 heavy (non-hydrogen) atoms. The van der Waals surface area contributed by atoms with Gasteiger partial charge in [-0.1, -0.05) is 30.3 Å². The van der Waals surface area contributed by atoms with Crippen LogP contribution < -0.4 is 10.1 Å². The minimum absolute atomic E-state index is 0.153. The normalized spacial score (nSPS) is 12.1. The maximum absolute atomic E-state index is 5.44. The van der Waals surface area contributed by atoms with Gasteiger partial charge in [-0.25, -0.2) is 0 Å². The summed E-state index contributed by atoms with van der Waals surface area (Å²) in [5.74, 6) is 0.902. The van der Waals surface area contributed by atoms with Crippen LogP contribution in [0.4, 0.5) is 5.69 Å². The molecule has 106 valence electrons. The summed E-state index contributed by atoms with van der Waals surface area (Å²) in [7, 11) is 1.70. The van der Waals surface area contributed by atoms with Crippen LogP contribution in [-0.4, -0.2) is 12.1 Å². The van der Waals surface area contributed by atoms with Crippen LogP contribution in [0.15, 0.2) is 60.9 Å². The lowest BCUT2D eigenvalue weighted by Crippen LogP contribution is -2.08. The molecular formula is C18H18N2O. The average molecular weight is 278 g/mol. The number of nitrogens with zero attached hydrogens (tertiary/aromatic N) is 1. The van der Waals surface area contributed by atoms with Crippen molar-refractivity contribution in [2.75, 3.05) is 12.4 Å². The molecule has 2 aromatic carbocycles. The van der Waals surface area contributed by atoms with Gasteiger partial charge in [0.2, 0.25) is 0 Å². The number of para-hydroxylation sites is 1. The Balaban J connectivity index is 1.95. The number of pyridine rings is 1. The minimum Gasteiger partial charge on any atom is -0.496 e. The van der Waals surface area contributed by atoms with Crippen molar-refractivity contribution in [2.45, 2.75) is 13.0 Å². The van der Waals surface area contributed by atoms with E-state index in [1.165, 1.54) is 5.39 Å². The van der Waals surface area contributed by atoms with Crippen molar-refractivity contribution in [3.05, 3.63) is 66.5 Å². The first kappa shape index (κ1) is 13.4. The molecule has 1 atom stereocenters. The Morgan fingerprint density at radius 3 is 2.76 bits per heavy atom. The maximum atomic E-state index is 5.44. The van der Waals surface area contributed by atoms with E-state index in [9.17, 15) is 0 Å². The van der Waals surface area contributed by atoms with Crippen molar-refractivity contribution in [1.82, 2.24) is 4.98 Å². The van der Waals surface area contributed by atoms with Crippen LogP contribution in [0, 0.1) is 0 Å². The summed E-state index contributed by atoms with van der Waals surface area (Å²) in [4.78, 5) is 4.17. The van der Waals surface area contributed by atoms with Crippen LogP contribution in [0.1, 0.15) is 18.5 Å². The minimum atomic E-state index is 0.153. The number of aromatic nitrogens is 1. The zero-order valence-corrected chi connectivity index (χ0v) is 12.2. The molecule has 0 aliphatic carbocycles. The number of methoxy groups -OCH3 is 1. The molecule has 0 amide bonds. The molecule has 1 aromatic heterocycles. The second-order valence-electron chi connectivity index (χ2n) is 5.01. The van der Waals surface area contributed by atoms with Crippen molar-refractivity contribution in [1.29, 1.82) is 0 Å². The van der Waals surface area contributed by atoms with Gasteiger partial charge in [-0.15, -0.1) is 0 Å². The van der Waals surface area contributed by atoms with E-state index >= 15 is 0 Å². The number of nitrogens with one attached hydrogen (secondary N) is 1. The van der Waals surface area contributed by atoms with Gasteiger partial charge in [-0.05, 0) is 25.1 Å². The SMILES string of the molecule is COc1ccccc1C(C)Nc1cccc2cnccc12. The molecule has 3 heteroatoms. The fourth-order valence-corrected chi connectivity index (χ4v) is 2.58. The quantitative estimate of drug-likeness (QED) is 0.767. The van der Waals surface area contributed by atoms with Gasteiger partial charge < -0.3 is 10.1 Å². The molecule has 0 aliphatic heterocycles. The van der Waals surface area contributed by atoms with Gasteiger partial charge in [-0.2, -0.15) is 0 Å². The number of fused-ring (bicyclic) bond motifs is 1. The van der Waals surface area contributed by atoms with E-state index in [4.69, 9.17) is 4.74 Å². The Morgan fingerprint density at radius 2 is 1.90 bits per heavy atom. The molecule has 0 saturated carbocycles. The van der Waals surface area contributed by atoms with Crippen molar-refractivity contribution >= 4 is 16.5 Å². The molecule has 0 radical (unpaired) electrons. The van der Waals surface area contributed by atoms with Gasteiger partial charge in [0.05, 0.1) is 13.2 Å². The third-order valence-electron chi connectivity index (χ3n) is 3.66. The summed E-state index contributed by atoms with van der Waals surface area (Å²) in [6, 6.07) is 16.5. The van der Waals surface area contributed by atoms with Crippen LogP contribution in [0.25, 0.3) is 10.8 Å². The summed E-state index contributed by atoms with van der Waals surface area (Å²) >= 11 is 0. The topological polar surface area (TPSA) is 34.1 Å². The van der Waals surface area contributed by atoms with Gasteiger partial charge in [0.15, 0.2) is 0 Å². The zero-order valence-electron chi connectivity index (χ0n) is 12.2. The van der Waals surface area contributed by atoms with E-state index in [1.807, 2.05) is 42.7 Å². The molecule has 0 spiro atoms. The summed E-state index contributed by atoms with van der Waals surface area (Å²) in [6.45, 7) is 2.14. The van der Waals surface area contributed by atoms with Gasteiger partial charge in [0.1, 0.15) is 5.75 Å². The van der Waals surface area contributed by atoms with E-state index in [1.54, 1.807) is 7.11 Å². The van der Waals surface area contributed by atoms with Crippen LogP contribution in [-0.2, 0) is 0 Å². The monoisotopic (exact) mass is 278 g/mol. The fourth-order valence-electron chi connectivity index (χ4n) is 2.58. The summed E-state index contributed by atoms with van der Waals surface area (Å²) in [5, 5.41) is 5.88. The standard InChI is InChI=1S/C18H18N2O/c1-13(15-7-3-4-9-18(15)21-2)20-17-8-5-6-14-12-19-11-10-16(14)17/h3-13,20H,1-2H3. The van der Waals surface area contributed by atoms with E-state index in [-0.39, 0.29) is 6.04 Å². The predicted molar refractivity (Wildman–Crippen MR) is 86.8 cm³/mol. The number of ether oxygens (including phenoxy) is 1. The second-order valence-corrected chi connectivity index (χ2v) is 5.01. The van der Waals surface area contributed by atoms with E-state index in [2.05, 4.69) is 35.4 Å². The summed E-state index contributed by atoms with van der Waals surface area (Å²) in [6.07, 6.45) is 3.70. The van der Waals surface area contributed by atoms with Gasteiger partial charge >= 0.3 is 0 Å². The number of hydrogen-bond donors (Lipinski definition) is 1. The van der Waals surface area contributed by atoms with Crippen molar-refractivity contribution in [3.63, 3.8) is 0 Å². The van der Waals surface area contributed by atoms with E-state index in [0.29, 0.717) is 0 Å². The molecule has 0 aliphatic rings. The highest BCUT2D eigenvalue weighted by Gasteiger charge is 2.11. The van der Waals surface area contributed by atoms with Crippen LogP contribution in [0.5, 0.6) is 5.75 Å². The molecule has 0 bridgehead atoms. The van der Waals surface area contributed by atoms with Crippen LogP contribution in [0.3, 0.4) is 0 Å². The molecule has 0 fully saturated rings. The first-order chi connectivity index (χ1) is 10.3. The second kappa shape index (κ2) is 5.83. The Morgan fingerprint density at radius 1 is 1.05 bits per heavy atom. The first-order valence-corrected chi connectivity index (χ1v) is 7.02. The molecule has 3 nitrogen and oxygen atoms in total. The number of hydrogen-bond acceptors (Lipinski definition) is 3. The lowest BCUT2D eigenvalue weighted by atomic mass is 10.1. The van der Waals surface area contributed by atoms with Crippen molar-refractivity contribution in [2.24, 2.45) is 0 Å². The summed E-state index contributed by atoms with van der Waals surface area (Å²) < 4.78 is 5.44. The highest BCUT2D eigenvalue weighted by atomic mass is 16.5. The Bertz CT molecular complexity index is 750. The molecular weight excluding hydrogens is 260 g/mol. The number of rotatable bonds is 4. The van der Waals surface area contributed by atoms with E-state index < -0.39 is 0 Å². The van der Waals surface area contributed by atoms with Gasteiger partial charge in [-0.3, -0.25) is 4.98 Å². The predicted octanol–water partition coefficient (Wildman–Crippen LogP) is 4.42. The van der Waals surface area contributed by atoms with Crippen LogP contribution in [0.2, 0.25) is 0 Å². The Kier molecular flexibility index (Phi) is 3.73. The Labute approximate surface area is 124 Å². The van der Waals surface area contributed by atoms with Gasteiger partial charge in [0.25, 0.3) is 0 Å². The third-order valence-corrected chi connectivity index (χ3v) is 3.66. The number of anilines is 1. The first-order valence-electron chi connectivity index (χ1n) is 7.02. The molecule has 1 N–H and O–H groups in total. The maximum Gasteiger partial charge on any atom is 0.124 e. The molecule has 1 unspecified atom stereocenters. The van der Waals surface area contributed by atoms with Crippen molar-refractivity contribution < 1.29 is 4.74 Å². The molecule has 1 heterocycles. The smallest absolute Gasteiger partial charge is 0.124 e. The molecule has 0 saturated heterocycles. The zero-order chi connectivity index (χ0) is 14.7. The van der Waals surface area contributed by atoms with Gasteiger partial charge in [0, 0.05) is 34.4 Å². The lowest BCUT2D eigenvalue weighted by Gasteiger charge is -2.19. The summed E-state index contributed by atoms with van der Waals surface area (Å²) in [5.41, 5.74) is 2.25. The van der Waals surface area contributed by atoms with Crippen LogP contribution >= 0.6 is 0 Å². The Hall–Kier alpha value is -2.55. The molecule has 3 aromatic rings. The highest BCUT2D eigenvalue weighted by Crippen LogP contribution is 2.30. The average Bonchev–Trinajstić information content (AvgIpc) is 2.55. The third kappa shape index (κ3) is 2.68.